The number of aliphatic carboxylic acids is 1. The maximum Gasteiger partial charge on any atom is 0.416 e. The summed E-state index contributed by atoms with van der Waals surface area (Å²) in [6.07, 6.45) is -10.6. The second-order valence-corrected chi connectivity index (χ2v) is 9.77. The first-order chi connectivity index (χ1) is 22.0. The highest BCUT2D eigenvalue weighted by atomic mass is 19.4. The first-order valence-electron chi connectivity index (χ1n) is 13.3. The van der Waals surface area contributed by atoms with Crippen LogP contribution in [0.25, 0.3) is 0 Å². The fraction of sp³-hybridized carbons (Fsp3) is 0.276. The van der Waals surface area contributed by atoms with Gasteiger partial charge in [0.25, 0.3) is 0 Å². The highest BCUT2D eigenvalue weighted by molar-refractivity contribution is 5.64. The monoisotopic (exact) mass is 674 g/mol. The molecule has 0 spiro atoms. The summed E-state index contributed by atoms with van der Waals surface area (Å²) in [5.41, 5.74) is -5.07. The molecule has 47 heavy (non-hydrogen) atoms. The van der Waals surface area contributed by atoms with Crippen molar-refractivity contribution in [1.29, 1.82) is 0 Å². The number of carbonyl (C=O) groups excluding carboxylic acids is 1. The third kappa shape index (κ3) is 9.91. The van der Waals surface area contributed by atoms with Crippen molar-refractivity contribution in [3.63, 3.8) is 0 Å². The summed E-state index contributed by atoms with van der Waals surface area (Å²) in [6, 6.07) is 4.42. The first kappa shape index (κ1) is 34.7. The quantitative estimate of drug-likeness (QED) is 0.128. The maximum absolute atomic E-state index is 13.7. The van der Waals surface area contributed by atoms with Gasteiger partial charge in [-0.05, 0) is 60.9 Å². The lowest BCUT2D eigenvalue weighted by Crippen LogP contribution is -2.25. The molecule has 2 aromatic carbocycles. The summed E-state index contributed by atoms with van der Waals surface area (Å²) >= 11 is 0. The van der Waals surface area contributed by atoms with Crippen LogP contribution < -0.4 is 19.5 Å². The Labute approximate surface area is 259 Å². The predicted octanol–water partition coefficient (Wildman–Crippen LogP) is 6.23. The van der Waals surface area contributed by atoms with Gasteiger partial charge in [-0.1, -0.05) is 0 Å². The number of carbonyl (C=O) groups is 1. The molecule has 0 amide bonds. The standard InChI is InChI=1S/C29H22F9N5O4/c30-27(31,32)19-4-5-23(47-26-39-6-2-7-40-26)18(11-19)16-43(25-41-13-22(14-42-25)46-8-1-3-24(44)45)15-17-9-20(28(33,34)35)12-21(10-17)29(36,37)38/h2,4-7,9-14H,1,3,8,15-16H2,(H,44,45)/p-1. The minimum Gasteiger partial charge on any atom is -0.550 e. The molecule has 0 aliphatic heterocycles. The Morgan fingerprint density at radius 1 is 0.766 bits per heavy atom. The molecular formula is C29H21F9N5O4-. The van der Waals surface area contributed by atoms with Crippen LogP contribution in [0.15, 0.2) is 67.3 Å². The molecule has 250 valence electrons. The topological polar surface area (TPSA) is 113 Å². The Hall–Kier alpha value is -5.16. The minimum atomic E-state index is -5.16. The van der Waals surface area contributed by atoms with Crippen LogP contribution in [0.1, 0.15) is 40.7 Å². The van der Waals surface area contributed by atoms with Gasteiger partial charge in [0.15, 0.2) is 5.75 Å². The van der Waals surface area contributed by atoms with Gasteiger partial charge in [-0.25, -0.2) is 19.9 Å². The van der Waals surface area contributed by atoms with E-state index in [-0.39, 0.29) is 54.5 Å². The highest BCUT2D eigenvalue weighted by Crippen LogP contribution is 2.38. The Morgan fingerprint density at radius 3 is 1.91 bits per heavy atom. The number of aromatic nitrogens is 4. The van der Waals surface area contributed by atoms with E-state index >= 15 is 0 Å². The number of ether oxygens (including phenoxy) is 2. The van der Waals surface area contributed by atoms with Crippen molar-refractivity contribution in [3.05, 3.63) is 95.1 Å². The van der Waals surface area contributed by atoms with Crippen LogP contribution >= 0.6 is 0 Å². The van der Waals surface area contributed by atoms with Crippen molar-refractivity contribution in [2.75, 3.05) is 11.5 Å². The van der Waals surface area contributed by atoms with Gasteiger partial charge in [-0.3, -0.25) is 0 Å². The van der Waals surface area contributed by atoms with Crippen molar-refractivity contribution in [2.24, 2.45) is 0 Å². The second kappa shape index (κ2) is 14.1. The zero-order valence-electron chi connectivity index (χ0n) is 23.7. The van der Waals surface area contributed by atoms with Gasteiger partial charge in [0, 0.05) is 37.0 Å². The number of carboxylic acids is 1. The molecule has 4 rings (SSSR count). The van der Waals surface area contributed by atoms with Crippen molar-refractivity contribution in [3.8, 4) is 17.5 Å². The average Bonchev–Trinajstić information content (AvgIpc) is 2.99. The zero-order chi connectivity index (χ0) is 34.4. The molecule has 0 N–H and O–H groups in total. The van der Waals surface area contributed by atoms with Crippen molar-refractivity contribution in [1.82, 2.24) is 19.9 Å². The second-order valence-electron chi connectivity index (χ2n) is 9.77. The van der Waals surface area contributed by atoms with Gasteiger partial charge < -0.3 is 24.3 Å². The lowest BCUT2D eigenvalue weighted by Gasteiger charge is -2.25. The number of benzene rings is 2. The molecule has 2 heterocycles. The maximum atomic E-state index is 13.7. The Balaban J connectivity index is 1.77. The number of nitrogens with zero attached hydrogens (tertiary/aromatic N) is 5. The van der Waals surface area contributed by atoms with Crippen LogP contribution in [0.3, 0.4) is 0 Å². The molecule has 9 nitrogen and oxygen atoms in total. The third-order valence-corrected chi connectivity index (χ3v) is 6.20. The summed E-state index contributed by atoms with van der Waals surface area (Å²) in [5.74, 6) is -1.81. The van der Waals surface area contributed by atoms with Gasteiger partial charge in [-0.15, -0.1) is 0 Å². The molecule has 0 aliphatic rings. The molecule has 0 bridgehead atoms. The Kier molecular flexibility index (Phi) is 10.4. The summed E-state index contributed by atoms with van der Waals surface area (Å²) in [5, 5.41) is 10.6. The molecule has 0 atom stereocenters. The molecule has 4 aromatic rings. The average molecular weight is 674 g/mol. The lowest BCUT2D eigenvalue weighted by molar-refractivity contribution is -0.305. The van der Waals surface area contributed by atoms with Crippen LogP contribution in [-0.4, -0.2) is 32.5 Å². The SMILES string of the molecule is O=C([O-])CCCOc1cnc(N(Cc2cc(C(F)(F)F)cc(C(F)(F)F)c2)Cc2cc(C(F)(F)F)ccc2Oc2ncccn2)nc1. The normalized spacial score (nSPS) is 12.1. The van der Waals surface area contributed by atoms with Crippen LogP contribution in [0.5, 0.6) is 17.5 Å². The summed E-state index contributed by atoms with van der Waals surface area (Å²) in [6.45, 7) is -1.44. The van der Waals surface area contributed by atoms with E-state index in [0.717, 1.165) is 23.4 Å². The smallest absolute Gasteiger partial charge is 0.416 e. The molecule has 0 saturated heterocycles. The predicted molar refractivity (Wildman–Crippen MR) is 142 cm³/mol. The number of anilines is 1. The molecular weight excluding hydrogens is 653 g/mol. The molecule has 2 aromatic heterocycles. The Bertz CT molecular complexity index is 1630. The summed E-state index contributed by atoms with van der Waals surface area (Å²) < 4.78 is 133. The van der Waals surface area contributed by atoms with E-state index in [0.29, 0.717) is 24.3 Å². The van der Waals surface area contributed by atoms with Gasteiger partial charge in [0.2, 0.25) is 5.95 Å². The van der Waals surface area contributed by atoms with Crippen molar-refractivity contribution >= 4 is 11.9 Å². The van der Waals surface area contributed by atoms with E-state index < -0.39 is 59.8 Å². The lowest BCUT2D eigenvalue weighted by atomic mass is 10.0. The van der Waals surface area contributed by atoms with Gasteiger partial charge >= 0.3 is 24.5 Å². The first-order valence-corrected chi connectivity index (χ1v) is 13.3. The summed E-state index contributed by atoms with van der Waals surface area (Å²) in [4.78, 5) is 27.4. The number of hydrogen-bond acceptors (Lipinski definition) is 9. The van der Waals surface area contributed by atoms with Gasteiger partial charge in [-0.2, -0.15) is 39.5 Å². The molecule has 0 aliphatic carbocycles. The van der Waals surface area contributed by atoms with E-state index in [2.05, 4.69) is 19.9 Å². The van der Waals surface area contributed by atoms with E-state index in [1.807, 2.05) is 0 Å². The zero-order valence-corrected chi connectivity index (χ0v) is 23.7. The highest BCUT2D eigenvalue weighted by Gasteiger charge is 2.37. The van der Waals surface area contributed by atoms with E-state index in [4.69, 9.17) is 9.47 Å². The van der Waals surface area contributed by atoms with Crippen LogP contribution in [0.2, 0.25) is 0 Å². The Morgan fingerprint density at radius 2 is 1.36 bits per heavy atom. The van der Waals surface area contributed by atoms with Crippen molar-refractivity contribution < 1.29 is 58.9 Å². The molecule has 0 radical (unpaired) electrons. The van der Waals surface area contributed by atoms with E-state index in [1.165, 1.54) is 18.5 Å². The molecule has 18 heteroatoms. The summed E-state index contributed by atoms with van der Waals surface area (Å²) in [7, 11) is 0. The fourth-order valence-electron chi connectivity index (χ4n) is 4.10. The fourth-order valence-corrected chi connectivity index (χ4v) is 4.10. The van der Waals surface area contributed by atoms with E-state index in [1.54, 1.807) is 0 Å². The molecule has 0 unspecified atom stereocenters. The van der Waals surface area contributed by atoms with Crippen LogP contribution in [0.4, 0.5) is 45.5 Å². The van der Waals surface area contributed by atoms with Crippen LogP contribution in [-0.2, 0) is 36.4 Å². The van der Waals surface area contributed by atoms with Crippen molar-refractivity contribution in [2.45, 2.75) is 44.5 Å². The largest absolute Gasteiger partial charge is 0.550 e. The number of halogens is 9. The van der Waals surface area contributed by atoms with Crippen LogP contribution in [0, 0.1) is 0 Å². The van der Waals surface area contributed by atoms with Gasteiger partial charge in [0.05, 0.1) is 35.7 Å². The van der Waals surface area contributed by atoms with Gasteiger partial charge in [0.1, 0.15) is 5.75 Å². The molecule has 0 fully saturated rings. The number of alkyl halides is 9. The van der Waals surface area contributed by atoms with E-state index in [9.17, 15) is 49.4 Å². The molecule has 0 saturated carbocycles. The third-order valence-electron chi connectivity index (χ3n) is 6.20. The number of rotatable bonds is 12. The number of hydrogen-bond donors (Lipinski definition) is 0. The number of carboxylic acid groups (broad SMARTS) is 1. The minimum absolute atomic E-state index is 0.0230.